The molecule has 1 aromatic carbocycles. The van der Waals surface area contributed by atoms with Crippen LogP contribution in [0.15, 0.2) is 24.3 Å². The molecule has 0 amide bonds. The first-order valence-electron chi connectivity index (χ1n) is 3.54. The molecule has 0 aliphatic heterocycles. The number of rotatable bonds is 3. The quantitative estimate of drug-likeness (QED) is 0.829. The van der Waals surface area contributed by atoms with Crippen LogP contribution in [0.1, 0.15) is 12.0 Å². The van der Waals surface area contributed by atoms with Crippen molar-refractivity contribution in [2.75, 3.05) is 0 Å². The molecule has 1 rings (SSSR count). The number of aliphatic carboxylic acids is 1. The van der Waals surface area contributed by atoms with Crippen LogP contribution in [-0.2, 0) is 37.5 Å². The molecule has 65 valence electrons. The molecule has 1 aromatic rings. The average Bonchev–Trinajstić information content (AvgIpc) is 2.05. The summed E-state index contributed by atoms with van der Waals surface area (Å²) in [5.41, 5.74) is 0.846. The molecular weight excluding hydrogens is 241 g/mol. The number of carboxylic acid groups (broad SMARTS) is 1. The fourth-order valence-electron chi connectivity index (χ4n) is 0.745. The fourth-order valence-corrected chi connectivity index (χ4v) is 0.745. The Labute approximate surface area is 103 Å². The predicted octanol–water partition coefficient (Wildman–Crippen LogP) is 1.78. The summed E-state index contributed by atoms with van der Waals surface area (Å²) in [4.78, 5) is 10.1. The van der Waals surface area contributed by atoms with Crippen LogP contribution in [-0.4, -0.2) is 11.1 Å². The van der Waals surface area contributed by atoms with E-state index in [4.69, 9.17) is 5.11 Å². The van der Waals surface area contributed by atoms with E-state index >= 15 is 0 Å². The second-order valence-corrected chi connectivity index (χ2v) is 2.24. The Hall–Kier alpha value is -0.466. The number of carboxylic acids is 1. The van der Waals surface area contributed by atoms with Crippen LogP contribution in [0.5, 0.6) is 0 Å². The third-order valence-electron chi connectivity index (χ3n) is 1.24. The van der Waals surface area contributed by atoms with E-state index < -0.39 is 5.97 Å². The van der Waals surface area contributed by atoms with Gasteiger partial charge in [-0.15, -0.1) is 6.07 Å². The number of carbonyl (C=O) groups is 1. The molecule has 0 aliphatic rings. The Morgan fingerprint density at radius 3 is 2.92 bits per heavy atom. The van der Waals surface area contributed by atoms with E-state index in [1.807, 2.05) is 18.2 Å². The van der Waals surface area contributed by atoms with Gasteiger partial charge < -0.3 is 22.8 Å². The molecule has 0 saturated carbocycles. The van der Waals surface area contributed by atoms with Crippen LogP contribution in [0.4, 0.5) is 0 Å². The second-order valence-electron chi connectivity index (χ2n) is 2.24. The van der Waals surface area contributed by atoms with Gasteiger partial charge in [0.1, 0.15) is 0 Å². The van der Waals surface area contributed by atoms with Gasteiger partial charge in [0.2, 0.25) is 0 Å². The summed E-state index contributed by atoms with van der Waals surface area (Å²) >= 11 is 0. The zero-order valence-corrected chi connectivity index (χ0v) is 9.86. The van der Waals surface area contributed by atoms with E-state index in [1.165, 1.54) is 0 Å². The van der Waals surface area contributed by atoms with E-state index in [-0.39, 0.29) is 39.1 Å². The van der Waals surface area contributed by atoms with Crippen molar-refractivity contribution < 1.29 is 42.6 Å². The van der Waals surface area contributed by atoms with E-state index in [2.05, 4.69) is 12.1 Å². The summed E-state index contributed by atoms with van der Waals surface area (Å²) in [5, 5.41) is 8.30. The van der Waals surface area contributed by atoms with Crippen LogP contribution in [0.3, 0.4) is 0 Å². The van der Waals surface area contributed by atoms with Gasteiger partial charge in [-0.2, -0.15) is 12.1 Å². The topological polar surface area (TPSA) is 37.3 Å². The molecule has 1 radical (unpaired) electrons. The second kappa shape index (κ2) is 6.99. The van der Waals surface area contributed by atoms with Crippen molar-refractivity contribution in [1.29, 1.82) is 0 Å². The smallest absolute Gasteiger partial charge is 0.288 e. The van der Waals surface area contributed by atoms with Crippen molar-refractivity contribution in [2.24, 2.45) is 0 Å². The molecule has 0 heterocycles. The molecule has 2 nitrogen and oxygen atoms in total. The zero-order valence-electron chi connectivity index (χ0n) is 7.03. The molecule has 3 heteroatoms. The third kappa shape index (κ3) is 5.72. The Morgan fingerprint density at radius 1 is 1.62 bits per heavy atom. The van der Waals surface area contributed by atoms with Gasteiger partial charge in [-0.25, -0.2) is 12.1 Å². The molecule has 0 fully saturated rings. The molecule has 1 N–H and O–H groups in total. The zero-order chi connectivity index (χ0) is 8.81. The molecule has 0 bridgehead atoms. The maximum Gasteiger partial charge on any atom is 0.288 e. The van der Waals surface area contributed by atoms with E-state index in [1.54, 1.807) is 12.1 Å². The number of benzene rings is 1. The first kappa shape index (κ1) is 12.5. The van der Waals surface area contributed by atoms with Gasteiger partial charge in [0, 0.05) is 32.7 Å². The maximum atomic E-state index is 10.1. The molecule has 0 aliphatic carbocycles. The minimum atomic E-state index is -0.873. The number of hydrogen-bond donors (Lipinski definition) is 1. The summed E-state index contributed by atoms with van der Waals surface area (Å²) in [6.07, 6.45) is 4.20. The number of hydrogen-bond acceptors (Lipinski definition) is 1. The standard InChI is InChI=1S/C10H8O2.Y/c11-10(12)8-4-7-9-5-2-1-3-6-9;/h1-3,5,7H,8H2,(H,11,12);/q-2;. The van der Waals surface area contributed by atoms with Gasteiger partial charge in [0.25, 0.3) is 5.97 Å². The Balaban J connectivity index is 0.00000144. The van der Waals surface area contributed by atoms with Gasteiger partial charge in [-0.1, -0.05) is 0 Å². The summed E-state index contributed by atoms with van der Waals surface area (Å²) in [6, 6.07) is 10.3. The molecule has 0 aromatic heterocycles. The Kier molecular flexibility index (Phi) is 6.74. The van der Waals surface area contributed by atoms with Crippen LogP contribution in [0.2, 0.25) is 0 Å². The van der Waals surface area contributed by atoms with Crippen LogP contribution < -0.4 is 0 Å². The van der Waals surface area contributed by atoms with Gasteiger partial charge in [0.05, 0.1) is 0 Å². The van der Waals surface area contributed by atoms with Crippen molar-refractivity contribution >= 4 is 12.0 Å². The molecule has 0 spiro atoms. The molecule has 0 unspecified atom stereocenters. The average molecular weight is 249 g/mol. The Bertz CT molecular complexity index is 280. The maximum absolute atomic E-state index is 10.1. The first-order valence-corrected chi connectivity index (χ1v) is 3.54. The normalized spacial score (nSPS) is 9.54. The monoisotopic (exact) mass is 249 g/mol. The van der Waals surface area contributed by atoms with Crippen LogP contribution in [0, 0.1) is 12.1 Å². The van der Waals surface area contributed by atoms with E-state index in [0.717, 1.165) is 5.56 Å². The first-order chi connectivity index (χ1) is 5.79. The van der Waals surface area contributed by atoms with Gasteiger partial charge >= 0.3 is 0 Å². The van der Waals surface area contributed by atoms with Crippen molar-refractivity contribution in [2.45, 2.75) is 6.42 Å². The third-order valence-corrected chi connectivity index (χ3v) is 1.24. The van der Waals surface area contributed by atoms with Crippen molar-refractivity contribution in [1.82, 2.24) is 0 Å². The largest absolute Gasteiger partial charge is 0.482 e. The van der Waals surface area contributed by atoms with Crippen LogP contribution in [0.25, 0.3) is 6.08 Å². The fraction of sp³-hybridized carbons (Fsp3) is 0.100. The van der Waals surface area contributed by atoms with Crippen LogP contribution >= 0.6 is 0 Å². The Morgan fingerprint density at radius 2 is 2.38 bits per heavy atom. The van der Waals surface area contributed by atoms with Crippen molar-refractivity contribution in [3.05, 3.63) is 42.0 Å². The van der Waals surface area contributed by atoms with E-state index in [0.29, 0.717) is 0 Å². The molecular formula is C10H8O2Y-2. The summed E-state index contributed by atoms with van der Waals surface area (Å²) in [5.74, 6) is -0.873. The molecule has 0 saturated heterocycles. The minimum Gasteiger partial charge on any atom is -0.482 e. The minimum absolute atomic E-state index is 0. The van der Waals surface area contributed by atoms with Crippen molar-refractivity contribution in [3.63, 3.8) is 0 Å². The summed E-state index contributed by atoms with van der Waals surface area (Å²) < 4.78 is 0. The van der Waals surface area contributed by atoms with Crippen molar-refractivity contribution in [3.8, 4) is 0 Å². The van der Waals surface area contributed by atoms with Gasteiger partial charge in [-0.05, 0) is 6.42 Å². The predicted molar refractivity (Wildman–Crippen MR) is 45.2 cm³/mol. The molecule has 13 heavy (non-hydrogen) atoms. The van der Waals surface area contributed by atoms with Gasteiger partial charge in [-0.3, -0.25) is 4.79 Å². The summed E-state index contributed by atoms with van der Waals surface area (Å²) in [6.45, 7) is 0. The SMILES string of the molecule is O=C(O)C[C-]=Cc1[c-]cccc1.[Y]. The molecule has 0 atom stereocenters. The van der Waals surface area contributed by atoms with E-state index in [9.17, 15) is 4.79 Å². The van der Waals surface area contributed by atoms with Gasteiger partial charge in [0.15, 0.2) is 0 Å². The summed E-state index contributed by atoms with van der Waals surface area (Å²) in [7, 11) is 0.